The van der Waals surface area contributed by atoms with E-state index in [2.05, 4.69) is 36.2 Å². The van der Waals surface area contributed by atoms with Crippen LogP contribution in [-0.2, 0) is 12.8 Å². The Balaban J connectivity index is 1.34. The summed E-state index contributed by atoms with van der Waals surface area (Å²) >= 11 is 0. The highest BCUT2D eigenvalue weighted by molar-refractivity contribution is 5.94. The molecule has 2 aliphatic rings. The van der Waals surface area contributed by atoms with Gasteiger partial charge in [-0.1, -0.05) is 17.7 Å². The number of benzene rings is 1. The van der Waals surface area contributed by atoms with Crippen molar-refractivity contribution in [1.29, 1.82) is 0 Å². The Morgan fingerprint density at radius 2 is 1.73 bits per heavy atom. The van der Waals surface area contributed by atoms with Gasteiger partial charge in [0.05, 0.1) is 10.6 Å². The van der Waals surface area contributed by atoms with Gasteiger partial charge in [-0.3, -0.25) is 14.9 Å². The topological polar surface area (TPSA) is 97.4 Å². The van der Waals surface area contributed by atoms with Gasteiger partial charge < -0.3 is 9.80 Å². The average Bonchev–Trinajstić information content (AvgIpc) is 3.24. The molecule has 1 aromatic carbocycles. The van der Waals surface area contributed by atoms with Crippen molar-refractivity contribution in [2.75, 3.05) is 31.1 Å². The molecule has 33 heavy (non-hydrogen) atoms. The molecule has 0 atom stereocenters. The fourth-order valence-electron chi connectivity index (χ4n) is 4.63. The molecule has 1 fully saturated rings. The maximum Gasteiger partial charge on any atom is 0.287 e. The SMILES string of the molecule is Cc1ccc(-n2nc(C(=O)N3CCN(c4ccc([N+](=O)[O-])cn4)CC3)c3c2CCCC3)cc1. The van der Waals surface area contributed by atoms with E-state index in [-0.39, 0.29) is 11.6 Å². The van der Waals surface area contributed by atoms with E-state index in [1.165, 1.54) is 17.8 Å². The summed E-state index contributed by atoms with van der Waals surface area (Å²) in [7, 11) is 0. The molecule has 2 aromatic heterocycles. The molecule has 1 saturated heterocycles. The van der Waals surface area contributed by atoms with Gasteiger partial charge in [0.25, 0.3) is 11.6 Å². The Morgan fingerprint density at radius 3 is 2.39 bits per heavy atom. The number of hydrogen-bond acceptors (Lipinski definition) is 6. The molecule has 0 unspecified atom stereocenters. The summed E-state index contributed by atoms with van der Waals surface area (Å²) in [5, 5.41) is 15.7. The predicted molar refractivity (Wildman–Crippen MR) is 124 cm³/mol. The Hall–Kier alpha value is -3.75. The van der Waals surface area contributed by atoms with Crippen LogP contribution in [0.2, 0.25) is 0 Å². The summed E-state index contributed by atoms with van der Waals surface area (Å²) in [4.78, 5) is 32.0. The van der Waals surface area contributed by atoms with Crippen LogP contribution in [-0.4, -0.2) is 56.7 Å². The fraction of sp³-hybridized carbons (Fsp3) is 0.375. The molecule has 9 heteroatoms. The number of pyridine rings is 1. The van der Waals surface area contributed by atoms with E-state index in [0.717, 1.165) is 42.6 Å². The molecule has 1 amide bonds. The van der Waals surface area contributed by atoms with Crippen LogP contribution < -0.4 is 4.90 Å². The minimum absolute atomic E-state index is 0.0182. The van der Waals surface area contributed by atoms with Gasteiger partial charge in [-0.2, -0.15) is 5.10 Å². The van der Waals surface area contributed by atoms with Gasteiger partial charge in [0.15, 0.2) is 5.69 Å². The van der Waals surface area contributed by atoms with E-state index >= 15 is 0 Å². The lowest BCUT2D eigenvalue weighted by atomic mass is 9.95. The maximum atomic E-state index is 13.5. The fourth-order valence-corrected chi connectivity index (χ4v) is 4.63. The zero-order chi connectivity index (χ0) is 22.9. The Labute approximate surface area is 191 Å². The molecule has 3 heterocycles. The van der Waals surface area contributed by atoms with Crippen molar-refractivity contribution in [3.63, 3.8) is 0 Å². The standard InChI is InChI=1S/C24H26N6O3/c1-17-6-8-18(9-7-17)29-21-5-3-2-4-20(21)23(26-29)24(31)28-14-12-27(13-15-28)22-11-10-19(16-25-22)30(32)33/h6-11,16H,2-5,12-15H2,1H3. The van der Waals surface area contributed by atoms with E-state index in [4.69, 9.17) is 5.10 Å². The Kier molecular flexibility index (Phi) is 5.53. The maximum absolute atomic E-state index is 13.5. The molecule has 0 N–H and O–H groups in total. The first-order valence-corrected chi connectivity index (χ1v) is 11.3. The van der Waals surface area contributed by atoms with Gasteiger partial charge in [0.2, 0.25) is 0 Å². The number of piperazine rings is 1. The Morgan fingerprint density at radius 1 is 1.00 bits per heavy atom. The van der Waals surface area contributed by atoms with E-state index in [0.29, 0.717) is 37.7 Å². The smallest absolute Gasteiger partial charge is 0.287 e. The Bertz CT molecular complexity index is 1180. The summed E-state index contributed by atoms with van der Waals surface area (Å²) in [6.45, 7) is 4.42. The number of rotatable bonds is 4. The van der Waals surface area contributed by atoms with Crippen LogP contribution >= 0.6 is 0 Å². The molecule has 1 aliphatic carbocycles. The molecular weight excluding hydrogens is 420 g/mol. The largest absolute Gasteiger partial charge is 0.353 e. The number of nitro groups is 1. The number of aromatic nitrogens is 3. The van der Waals surface area contributed by atoms with Gasteiger partial charge in [-0.15, -0.1) is 0 Å². The van der Waals surface area contributed by atoms with Crippen molar-refractivity contribution in [2.24, 2.45) is 0 Å². The van der Waals surface area contributed by atoms with E-state index in [1.54, 1.807) is 6.07 Å². The third kappa shape index (κ3) is 4.06. The minimum atomic E-state index is -0.455. The van der Waals surface area contributed by atoms with Crippen molar-refractivity contribution < 1.29 is 9.72 Å². The van der Waals surface area contributed by atoms with Crippen LogP contribution in [0.15, 0.2) is 42.6 Å². The normalized spacial score (nSPS) is 15.9. The van der Waals surface area contributed by atoms with Crippen molar-refractivity contribution in [1.82, 2.24) is 19.7 Å². The molecule has 9 nitrogen and oxygen atoms in total. The number of carbonyl (C=O) groups is 1. The summed E-state index contributed by atoms with van der Waals surface area (Å²) < 4.78 is 1.96. The molecule has 0 bridgehead atoms. The van der Waals surface area contributed by atoms with Gasteiger partial charge in [-0.05, 0) is 50.8 Å². The molecular formula is C24H26N6O3. The molecule has 0 saturated carbocycles. The average molecular weight is 447 g/mol. The monoisotopic (exact) mass is 446 g/mol. The summed E-state index contributed by atoms with van der Waals surface area (Å²) in [5.41, 5.74) is 4.98. The summed E-state index contributed by atoms with van der Waals surface area (Å²) in [6.07, 6.45) is 5.28. The van der Waals surface area contributed by atoms with Crippen LogP contribution in [0.4, 0.5) is 11.5 Å². The second-order valence-corrected chi connectivity index (χ2v) is 8.64. The lowest BCUT2D eigenvalue weighted by Crippen LogP contribution is -2.49. The number of carbonyl (C=O) groups excluding carboxylic acids is 1. The van der Waals surface area contributed by atoms with Gasteiger partial charge >= 0.3 is 0 Å². The zero-order valence-corrected chi connectivity index (χ0v) is 18.6. The molecule has 170 valence electrons. The van der Waals surface area contributed by atoms with Crippen LogP contribution in [0.1, 0.15) is 40.2 Å². The van der Waals surface area contributed by atoms with E-state index < -0.39 is 4.92 Å². The summed E-state index contributed by atoms with van der Waals surface area (Å²) in [6, 6.07) is 11.4. The molecule has 0 spiro atoms. The minimum Gasteiger partial charge on any atom is -0.353 e. The van der Waals surface area contributed by atoms with E-state index in [9.17, 15) is 14.9 Å². The van der Waals surface area contributed by atoms with Crippen LogP contribution in [0.5, 0.6) is 0 Å². The second kappa shape index (κ2) is 8.65. The highest BCUT2D eigenvalue weighted by Crippen LogP contribution is 2.28. The number of fused-ring (bicyclic) bond motifs is 1. The molecule has 5 rings (SSSR count). The molecule has 0 radical (unpaired) electrons. The number of anilines is 1. The quantitative estimate of drug-likeness (QED) is 0.450. The van der Waals surface area contributed by atoms with Gasteiger partial charge in [0.1, 0.15) is 12.0 Å². The third-order valence-electron chi connectivity index (χ3n) is 6.50. The number of hydrogen-bond donors (Lipinski definition) is 0. The van der Waals surface area contributed by atoms with Crippen LogP contribution in [0.3, 0.4) is 0 Å². The first-order valence-electron chi connectivity index (χ1n) is 11.3. The van der Waals surface area contributed by atoms with Crippen molar-refractivity contribution >= 4 is 17.4 Å². The third-order valence-corrected chi connectivity index (χ3v) is 6.50. The lowest BCUT2D eigenvalue weighted by molar-refractivity contribution is -0.385. The van der Waals surface area contributed by atoms with Gasteiger partial charge in [-0.25, -0.2) is 9.67 Å². The van der Waals surface area contributed by atoms with Gasteiger partial charge in [0, 0.05) is 43.5 Å². The van der Waals surface area contributed by atoms with Crippen molar-refractivity contribution in [3.05, 3.63) is 75.2 Å². The van der Waals surface area contributed by atoms with Crippen molar-refractivity contribution in [2.45, 2.75) is 32.6 Å². The number of nitrogens with zero attached hydrogens (tertiary/aromatic N) is 6. The zero-order valence-electron chi connectivity index (χ0n) is 18.6. The first kappa shape index (κ1) is 21.1. The first-order chi connectivity index (χ1) is 16.0. The number of amides is 1. The molecule has 3 aromatic rings. The van der Waals surface area contributed by atoms with Crippen molar-refractivity contribution in [3.8, 4) is 5.69 Å². The lowest BCUT2D eigenvalue weighted by Gasteiger charge is -2.35. The van der Waals surface area contributed by atoms with Crippen LogP contribution in [0.25, 0.3) is 5.69 Å². The predicted octanol–water partition coefficient (Wildman–Crippen LogP) is 3.33. The van der Waals surface area contributed by atoms with Crippen LogP contribution in [0, 0.1) is 17.0 Å². The second-order valence-electron chi connectivity index (χ2n) is 8.64. The van der Waals surface area contributed by atoms with E-state index in [1.807, 2.05) is 14.5 Å². The number of aryl methyl sites for hydroxylation is 1. The summed E-state index contributed by atoms with van der Waals surface area (Å²) in [5.74, 6) is 0.670. The highest BCUT2D eigenvalue weighted by Gasteiger charge is 2.30. The molecule has 1 aliphatic heterocycles. The highest BCUT2D eigenvalue weighted by atomic mass is 16.6.